The first-order chi connectivity index (χ1) is 9.65. The van der Waals surface area contributed by atoms with Gasteiger partial charge in [-0.25, -0.2) is 4.39 Å². The Morgan fingerprint density at radius 2 is 2.00 bits per heavy atom. The van der Waals surface area contributed by atoms with Crippen LogP contribution in [0.2, 0.25) is 0 Å². The molecule has 20 heavy (non-hydrogen) atoms. The molecule has 0 aliphatic heterocycles. The van der Waals surface area contributed by atoms with Crippen molar-refractivity contribution in [3.63, 3.8) is 0 Å². The van der Waals surface area contributed by atoms with Gasteiger partial charge in [-0.05, 0) is 30.3 Å². The van der Waals surface area contributed by atoms with Crippen molar-refractivity contribution in [2.24, 2.45) is 0 Å². The van der Waals surface area contributed by atoms with Crippen LogP contribution in [0.5, 0.6) is 5.75 Å². The molecule has 2 aromatic rings. The molecule has 0 bridgehead atoms. The molecule has 0 saturated heterocycles. The van der Waals surface area contributed by atoms with Gasteiger partial charge in [0.2, 0.25) is 0 Å². The number of hydrogen-bond acceptors (Lipinski definition) is 3. The molecule has 2 rings (SSSR count). The van der Waals surface area contributed by atoms with Crippen molar-refractivity contribution in [1.29, 1.82) is 0 Å². The molecule has 0 amide bonds. The number of hydrogen-bond donors (Lipinski definition) is 0. The van der Waals surface area contributed by atoms with Crippen LogP contribution in [0, 0.1) is 5.82 Å². The predicted molar refractivity (Wildman–Crippen MR) is 76.9 cm³/mol. The lowest BCUT2D eigenvalue weighted by atomic mass is 10.1. The molecule has 0 aliphatic carbocycles. The molecule has 4 heteroatoms. The number of nitrogens with zero attached hydrogens (tertiary/aromatic N) is 1. The monoisotopic (exact) mass is 273 g/mol. The van der Waals surface area contributed by atoms with E-state index < -0.39 is 0 Å². The molecule has 104 valence electrons. The molecule has 0 unspecified atom stereocenters. The Bertz CT molecular complexity index is 613. The highest BCUT2D eigenvalue weighted by Gasteiger charge is 2.11. The van der Waals surface area contributed by atoms with Gasteiger partial charge in [-0.3, -0.25) is 4.79 Å². The third-order valence-corrected chi connectivity index (χ3v) is 3.11. The first-order valence-electron chi connectivity index (χ1n) is 6.23. The minimum Gasteiger partial charge on any atom is -0.496 e. The summed E-state index contributed by atoms with van der Waals surface area (Å²) in [6.07, 6.45) is 0.784. The lowest BCUT2D eigenvalue weighted by Gasteiger charge is -2.21. The normalized spacial score (nSPS) is 10.2. The van der Waals surface area contributed by atoms with Crippen molar-refractivity contribution >= 4 is 12.0 Å². The molecule has 0 saturated carbocycles. The number of methoxy groups -OCH3 is 1. The van der Waals surface area contributed by atoms with Crippen molar-refractivity contribution in [3.05, 3.63) is 59.4 Å². The van der Waals surface area contributed by atoms with Crippen LogP contribution in [0.4, 0.5) is 10.1 Å². The third-order valence-electron chi connectivity index (χ3n) is 3.11. The van der Waals surface area contributed by atoms with Crippen molar-refractivity contribution < 1.29 is 13.9 Å². The zero-order valence-electron chi connectivity index (χ0n) is 11.5. The summed E-state index contributed by atoms with van der Waals surface area (Å²) in [7, 11) is 3.37. The fraction of sp³-hybridized carbons (Fsp3) is 0.188. The van der Waals surface area contributed by atoms with Gasteiger partial charge in [0.15, 0.2) is 0 Å². The molecule has 0 fully saturated rings. The van der Waals surface area contributed by atoms with Gasteiger partial charge >= 0.3 is 0 Å². The Kier molecular flexibility index (Phi) is 4.35. The second-order valence-corrected chi connectivity index (χ2v) is 4.50. The van der Waals surface area contributed by atoms with E-state index in [2.05, 4.69) is 0 Å². The second kappa shape index (κ2) is 6.19. The average Bonchev–Trinajstić information content (AvgIpc) is 2.47. The van der Waals surface area contributed by atoms with Gasteiger partial charge in [0.05, 0.1) is 12.8 Å². The maximum absolute atomic E-state index is 13.7. The van der Waals surface area contributed by atoms with E-state index >= 15 is 0 Å². The fourth-order valence-electron chi connectivity index (χ4n) is 2.10. The minimum absolute atomic E-state index is 0.277. The van der Waals surface area contributed by atoms with Crippen LogP contribution in [-0.4, -0.2) is 20.4 Å². The standard InChI is InChI=1S/C16H16FNO2/c1-18(15-6-4-3-5-14(15)17)10-13-9-12(11-19)7-8-16(13)20-2/h3-9,11H,10H2,1-2H3. The molecule has 0 atom stereocenters. The van der Waals surface area contributed by atoms with Crippen molar-refractivity contribution in [2.45, 2.75) is 6.54 Å². The van der Waals surface area contributed by atoms with Crippen LogP contribution in [0.15, 0.2) is 42.5 Å². The Hall–Kier alpha value is -2.36. The van der Waals surface area contributed by atoms with E-state index in [4.69, 9.17) is 4.74 Å². The molecule has 0 aliphatic rings. The zero-order chi connectivity index (χ0) is 14.5. The van der Waals surface area contributed by atoms with Crippen molar-refractivity contribution in [2.75, 3.05) is 19.1 Å². The maximum atomic E-state index is 13.7. The average molecular weight is 273 g/mol. The highest BCUT2D eigenvalue weighted by atomic mass is 19.1. The van der Waals surface area contributed by atoms with Gasteiger partial charge in [-0.15, -0.1) is 0 Å². The summed E-state index contributed by atoms with van der Waals surface area (Å²) in [6, 6.07) is 11.8. The van der Waals surface area contributed by atoms with E-state index in [0.29, 0.717) is 23.5 Å². The highest BCUT2D eigenvalue weighted by Crippen LogP contribution is 2.24. The summed E-state index contributed by atoms with van der Waals surface area (Å²) in [4.78, 5) is 12.6. The van der Waals surface area contributed by atoms with E-state index in [1.807, 2.05) is 0 Å². The molecular weight excluding hydrogens is 257 g/mol. The number of benzene rings is 2. The quantitative estimate of drug-likeness (QED) is 0.783. The first kappa shape index (κ1) is 14.1. The van der Waals surface area contributed by atoms with Gasteiger partial charge in [0.1, 0.15) is 17.9 Å². The van der Waals surface area contributed by atoms with Crippen LogP contribution in [0.1, 0.15) is 15.9 Å². The summed E-state index contributed by atoms with van der Waals surface area (Å²) >= 11 is 0. The summed E-state index contributed by atoms with van der Waals surface area (Å²) in [5, 5.41) is 0. The van der Waals surface area contributed by atoms with Gasteiger partial charge in [-0.2, -0.15) is 0 Å². The third kappa shape index (κ3) is 2.96. The Labute approximate surface area is 117 Å². The van der Waals surface area contributed by atoms with Crippen LogP contribution in [-0.2, 0) is 6.54 Å². The SMILES string of the molecule is COc1ccc(C=O)cc1CN(C)c1ccccc1F. The van der Waals surface area contributed by atoms with Crippen molar-refractivity contribution in [1.82, 2.24) is 0 Å². The molecular formula is C16H16FNO2. The van der Waals surface area contributed by atoms with Crippen LogP contribution < -0.4 is 9.64 Å². The largest absolute Gasteiger partial charge is 0.496 e. The Morgan fingerprint density at radius 1 is 1.25 bits per heavy atom. The maximum Gasteiger partial charge on any atom is 0.150 e. The number of ether oxygens (including phenoxy) is 1. The van der Waals surface area contributed by atoms with Gasteiger partial charge in [0.25, 0.3) is 0 Å². The van der Waals surface area contributed by atoms with E-state index in [1.54, 1.807) is 55.5 Å². The van der Waals surface area contributed by atoms with Crippen LogP contribution >= 0.6 is 0 Å². The molecule has 0 aromatic heterocycles. The Balaban J connectivity index is 2.29. The molecule has 0 radical (unpaired) electrons. The van der Waals surface area contributed by atoms with Crippen LogP contribution in [0.25, 0.3) is 0 Å². The van der Waals surface area contributed by atoms with E-state index in [1.165, 1.54) is 6.07 Å². The van der Waals surface area contributed by atoms with Gasteiger partial charge < -0.3 is 9.64 Å². The van der Waals surface area contributed by atoms with Crippen molar-refractivity contribution in [3.8, 4) is 5.75 Å². The minimum atomic E-state index is -0.277. The molecule has 2 aromatic carbocycles. The zero-order valence-corrected chi connectivity index (χ0v) is 11.5. The van der Waals surface area contributed by atoms with E-state index in [-0.39, 0.29) is 5.82 Å². The first-order valence-corrected chi connectivity index (χ1v) is 6.23. The second-order valence-electron chi connectivity index (χ2n) is 4.50. The summed E-state index contributed by atoms with van der Waals surface area (Å²) in [5.74, 6) is 0.402. The Morgan fingerprint density at radius 3 is 2.65 bits per heavy atom. The number of anilines is 1. The molecule has 0 N–H and O–H groups in total. The number of carbonyl (C=O) groups is 1. The topological polar surface area (TPSA) is 29.5 Å². The predicted octanol–water partition coefficient (Wildman–Crippen LogP) is 3.28. The number of aldehydes is 1. The highest BCUT2D eigenvalue weighted by molar-refractivity contribution is 5.75. The summed E-state index contributed by atoms with van der Waals surface area (Å²) < 4.78 is 19.0. The molecule has 0 heterocycles. The lowest BCUT2D eigenvalue weighted by molar-refractivity contribution is 0.112. The fourth-order valence-corrected chi connectivity index (χ4v) is 2.10. The molecule has 3 nitrogen and oxygen atoms in total. The summed E-state index contributed by atoms with van der Waals surface area (Å²) in [5.41, 5.74) is 1.91. The smallest absolute Gasteiger partial charge is 0.150 e. The van der Waals surface area contributed by atoms with E-state index in [0.717, 1.165) is 11.8 Å². The number of halogens is 1. The number of para-hydroxylation sites is 1. The number of rotatable bonds is 5. The van der Waals surface area contributed by atoms with E-state index in [9.17, 15) is 9.18 Å². The summed E-state index contributed by atoms with van der Waals surface area (Å²) in [6.45, 7) is 0.450. The van der Waals surface area contributed by atoms with Crippen LogP contribution in [0.3, 0.4) is 0 Å². The lowest BCUT2D eigenvalue weighted by Crippen LogP contribution is -2.18. The molecule has 0 spiro atoms. The van der Waals surface area contributed by atoms with Gasteiger partial charge in [0, 0.05) is 24.7 Å². The van der Waals surface area contributed by atoms with Gasteiger partial charge in [-0.1, -0.05) is 12.1 Å². The number of carbonyl (C=O) groups excluding carboxylic acids is 1.